The summed E-state index contributed by atoms with van der Waals surface area (Å²) in [6.07, 6.45) is 0. The Bertz CT molecular complexity index is 878. The minimum Gasteiger partial charge on any atom is -0.328 e. The largest absolute Gasteiger partial charge is 0.328 e. The molecule has 0 aliphatic carbocycles. The summed E-state index contributed by atoms with van der Waals surface area (Å²) in [7, 11) is 1.92. The number of carbonyl (C=O) groups excluding carboxylic acids is 1. The molecule has 0 aliphatic heterocycles. The van der Waals surface area contributed by atoms with Gasteiger partial charge in [-0.15, -0.1) is 10.2 Å². The predicted molar refractivity (Wildman–Crippen MR) is 105 cm³/mol. The van der Waals surface area contributed by atoms with Crippen molar-refractivity contribution >= 4 is 23.1 Å². The number of hydrogen-bond donors (Lipinski definition) is 0. The maximum Gasteiger partial charge on any atom is 0.278 e. The third-order valence-electron chi connectivity index (χ3n) is 4.23. The van der Waals surface area contributed by atoms with Gasteiger partial charge in [0, 0.05) is 25.0 Å². The predicted octanol–water partition coefficient (Wildman–Crippen LogP) is 4.22. The van der Waals surface area contributed by atoms with Crippen molar-refractivity contribution in [3.05, 3.63) is 78.0 Å². The molecule has 2 aromatic carbocycles. The molecule has 0 unspecified atom stereocenters. The lowest BCUT2D eigenvalue weighted by atomic mass is 10.2. The lowest BCUT2D eigenvalue weighted by molar-refractivity contribution is 0.0982. The van der Waals surface area contributed by atoms with Gasteiger partial charge >= 0.3 is 0 Å². The number of amides is 1. The molecule has 1 aromatic heterocycles. The Balaban J connectivity index is 1.82. The third-order valence-corrected chi connectivity index (χ3v) is 4.23. The van der Waals surface area contributed by atoms with Crippen molar-refractivity contribution in [2.24, 2.45) is 0 Å². The molecule has 3 rings (SSSR count). The summed E-state index contributed by atoms with van der Waals surface area (Å²) in [5, 5.41) is 8.39. The molecule has 0 spiro atoms. The molecule has 0 saturated heterocycles. The highest BCUT2D eigenvalue weighted by molar-refractivity contribution is 6.04. The first-order valence-electron chi connectivity index (χ1n) is 8.61. The molecule has 0 saturated carbocycles. The summed E-state index contributed by atoms with van der Waals surface area (Å²) < 4.78 is 0. The van der Waals surface area contributed by atoms with Gasteiger partial charge < -0.3 is 9.80 Å². The molecule has 0 atom stereocenters. The van der Waals surface area contributed by atoms with E-state index < -0.39 is 0 Å². The van der Waals surface area contributed by atoms with E-state index in [0.717, 1.165) is 16.9 Å². The first-order chi connectivity index (χ1) is 12.6. The van der Waals surface area contributed by atoms with Crippen LogP contribution in [0.1, 0.15) is 23.0 Å². The van der Waals surface area contributed by atoms with Crippen molar-refractivity contribution in [1.29, 1.82) is 0 Å². The third kappa shape index (κ3) is 3.72. The van der Waals surface area contributed by atoms with Crippen molar-refractivity contribution < 1.29 is 4.79 Å². The van der Waals surface area contributed by atoms with Crippen LogP contribution in [0.25, 0.3) is 0 Å². The van der Waals surface area contributed by atoms with Crippen LogP contribution in [0.5, 0.6) is 0 Å². The second-order valence-corrected chi connectivity index (χ2v) is 6.06. The molecule has 1 heterocycles. The van der Waals surface area contributed by atoms with Crippen molar-refractivity contribution in [1.82, 2.24) is 10.2 Å². The topological polar surface area (TPSA) is 49.3 Å². The van der Waals surface area contributed by atoms with Gasteiger partial charge in [0.25, 0.3) is 5.91 Å². The zero-order valence-electron chi connectivity index (χ0n) is 15.3. The van der Waals surface area contributed by atoms with E-state index in [9.17, 15) is 4.79 Å². The SMILES string of the molecule is CCN(C(=O)c1ccc(N(C)c2ccccc2)nn1)c1cccc(C)c1. The van der Waals surface area contributed by atoms with Gasteiger partial charge in [-0.2, -0.15) is 0 Å². The smallest absolute Gasteiger partial charge is 0.278 e. The van der Waals surface area contributed by atoms with Crippen molar-refractivity contribution in [2.75, 3.05) is 23.4 Å². The Labute approximate surface area is 153 Å². The van der Waals surface area contributed by atoms with Crippen LogP contribution in [0.2, 0.25) is 0 Å². The van der Waals surface area contributed by atoms with Gasteiger partial charge in [-0.05, 0) is 55.8 Å². The highest BCUT2D eigenvalue weighted by atomic mass is 16.2. The van der Waals surface area contributed by atoms with E-state index in [1.807, 2.05) is 86.5 Å². The van der Waals surface area contributed by atoms with Gasteiger partial charge in [0.2, 0.25) is 0 Å². The molecular weight excluding hydrogens is 324 g/mol. The number of nitrogens with zero attached hydrogens (tertiary/aromatic N) is 4. The van der Waals surface area contributed by atoms with Gasteiger partial charge in [-0.1, -0.05) is 30.3 Å². The fraction of sp³-hybridized carbons (Fsp3) is 0.190. The van der Waals surface area contributed by atoms with E-state index in [2.05, 4.69) is 10.2 Å². The standard InChI is InChI=1S/C21H22N4O/c1-4-25(18-12-8-9-16(2)15-18)21(26)19-13-14-20(23-22-19)24(3)17-10-6-5-7-11-17/h5-15H,4H2,1-3H3. The minimum atomic E-state index is -0.153. The van der Waals surface area contributed by atoms with Gasteiger partial charge in [0.15, 0.2) is 11.5 Å². The quantitative estimate of drug-likeness (QED) is 0.694. The summed E-state index contributed by atoms with van der Waals surface area (Å²) in [6, 6.07) is 21.3. The average molecular weight is 346 g/mol. The molecule has 1 amide bonds. The van der Waals surface area contributed by atoms with Crippen LogP contribution in [0.4, 0.5) is 17.2 Å². The molecule has 5 nitrogen and oxygen atoms in total. The fourth-order valence-electron chi connectivity index (χ4n) is 2.78. The van der Waals surface area contributed by atoms with Crippen LogP contribution in [-0.2, 0) is 0 Å². The van der Waals surface area contributed by atoms with Crippen molar-refractivity contribution in [3.8, 4) is 0 Å². The average Bonchev–Trinajstić information content (AvgIpc) is 2.69. The van der Waals surface area contributed by atoms with Crippen LogP contribution in [-0.4, -0.2) is 29.7 Å². The number of hydrogen-bond acceptors (Lipinski definition) is 4. The zero-order valence-corrected chi connectivity index (χ0v) is 15.3. The monoisotopic (exact) mass is 346 g/mol. The van der Waals surface area contributed by atoms with Crippen LogP contribution >= 0.6 is 0 Å². The van der Waals surface area contributed by atoms with E-state index in [0.29, 0.717) is 18.1 Å². The highest BCUT2D eigenvalue weighted by Crippen LogP contribution is 2.21. The van der Waals surface area contributed by atoms with Gasteiger partial charge in [-0.25, -0.2) is 0 Å². The number of benzene rings is 2. The first-order valence-corrected chi connectivity index (χ1v) is 8.61. The lowest BCUT2D eigenvalue weighted by Crippen LogP contribution is -2.31. The second-order valence-electron chi connectivity index (χ2n) is 6.06. The van der Waals surface area contributed by atoms with Gasteiger partial charge in [0.1, 0.15) is 0 Å². The Hall–Kier alpha value is -3.21. The Morgan fingerprint density at radius 2 is 1.65 bits per heavy atom. The van der Waals surface area contributed by atoms with Gasteiger partial charge in [-0.3, -0.25) is 4.79 Å². The molecule has 0 N–H and O–H groups in total. The molecule has 3 aromatic rings. The molecule has 5 heteroatoms. The van der Waals surface area contributed by atoms with Crippen LogP contribution in [0.15, 0.2) is 66.7 Å². The van der Waals surface area contributed by atoms with E-state index in [1.165, 1.54) is 0 Å². The number of para-hydroxylation sites is 1. The van der Waals surface area contributed by atoms with E-state index in [1.54, 1.807) is 11.0 Å². The molecule has 132 valence electrons. The van der Waals surface area contributed by atoms with Crippen LogP contribution in [0.3, 0.4) is 0 Å². The summed E-state index contributed by atoms with van der Waals surface area (Å²) in [5.74, 6) is 0.533. The second kappa shape index (κ2) is 7.78. The molecule has 0 aliphatic rings. The van der Waals surface area contributed by atoms with Crippen LogP contribution < -0.4 is 9.80 Å². The van der Waals surface area contributed by atoms with Crippen molar-refractivity contribution in [2.45, 2.75) is 13.8 Å². The molecule has 0 radical (unpaired) electrons. The normalized spacial score (nSPS) is 10.4. The Morgan fingerprint density at radius 1 is 0.923 bits per heavy atom. The zero-order chi connectivity index (χ0) is 18.5. The Morgan fingerprint density at radius 3 is 2.27 bits per heavy atom. The molecular formula is C21H22N4O. The summed E-state index contributed by atoms with van der Waals surface area (Å²) in [6.45, 7) is 4.52. The highest BCUT2D eigenvalue weighted by Gasteiger charge is 2.18. The number of rotatable bonds is 5. The first kappa shape index (κ1) is 17.6. The molecule has 0 bridgehead atoms. The van der Waals surface area contributed by atoms with Crippen LogP contribution in [0, 0.1) is 6.92 Å². The van der Waals surface area contributed by atoms with E-state index in [-0.39, 0.29) is 5.91 Å². The summed E-state index contributed by atoms with van der Waals surface area (Å²) in [5.41, 5.74) is 3.32. The number of anilines is 3. The number of aryl methyl sites for hydroxylation is 1. The maximum absolute atomic E-state index is 12.8. The molecule has 26 heavy (non-hydrogen) atoms. The maximum atomic E-state index is 12.8. The molecule has 0 fully saturated rings. The van der Waals surface area contributed by atoms with Gasteiger partial charge in [0.05, 0.1) is 0 Å². The fourth-order valence-corrected chi connectivity index (χ4v) is 2.78. The summed E-state index contributed by atoms with van der Waals surface area (Å²) >= 11 is 0. The number of carbonyl (C=O) groups is 1. The minimum absolute atomic E-state index is 0.153. The van der Waals surface area contributed by atoms with E-state index in [4.69, 9.17) is 0 Å². The number of aromatic nitrogens is 2. The van der Waals surface area contributed by atoms with Crippen molar-refractivity contribution in [3.63, 3.8) is 0 Å². The Kier molecular flexibility index (Phi) is 5.27. The summed E-state index contributed by atoms with van der Waals surface area (Å²) in [4.78, 5) is 16.5. The van der Waals surface area contributed by atoms with E-state index >= 15 is 0 Å². The lowest BCUT2D eigenvalue weighted by Gasteiger charge is -2.21.